The van der Waals surface area contributed by atoms with Crippen molar-refractivity contribution >= 4 is 8.32 Å². The molecule has 10 heavy (non-hydrogen) atoms. The zero-order valence-electron chi connectivity index (χ0n) is 7.48. The van der Waals surface area contributed by atoms with E-state index in [-0.39, 0.29) is 6.10 Å². The lowest BCUT2D eigenvalue weighted by atomic mass is 10.4. The van der Waals surface area contributed by atoms with Gasteiger partial charge in [0.05, 0.1) is 6.10 Å². The van der Waals surface area contributed by atoms with E-state index in [9.17, 15) is 0 Å². The Balaban J connectivity index is 3.75. The summed E-state index contributed by atoms with van der Waals surface area (Å²) in [4.78, 5) is 0. The van der Waals surface area contributed by atoms with Crippen LogP contribution >= 0.6 is 0 Å². The molecule has 0 aliphatic heterocycles. The standard InChI is InChI=1S/C8H18OSi/c1-6-8(3)9-10(4,5)7-2/h6,8H,1,7H2,2-5H3. The van der Waals surface area contributed by atoms with E-state index in [4.69, 9.17) is 4.43 Å². The van der Waals surface area contributed by atoms with Gasteiger partial charge in [0.1, 0.15) is 0 Å². The molecule has 0 aromatic carbocycles. The summed E-state index contributed by atoms with van der Waals surface area (Å²) in [6.45, 7) is 12.4. The third-order valence-electron chi connectivity index (χ3n) is 1.69. The van der Waals surface area contributed by atoms with E-state index in [2.05, 4.69) is 26.6 Å². The molecule has 1 unspecified atom stereocenters. The average molecular weight is 158 g/mol. The van der Waals surface area contributed by atoms with E-state index in [1.807, 2.05) is 13.0 Å². The minimum Gasteiger partial charge on any atom is -0.411 e. The van der Waals surface area contributed by atoms with Crippen LogP contribution in [-0.4, -0.2) is 14.4 Å². The van der Waals surface area contributed by atoms with Crippen LogP contribution in [0, 0.1) is 0 Å². The Kier molecular flexibility index (Phi) is 3.90. The van der Waals surface area contributed by atoms with Gasteiger partial charge in [0.2, 0.25) is 0 Å². The van der Waals surface area contributed by atoms with E-state index in [0.29, 0.717) is 0 Å². The summed E-state index contributed by atoms with van der Waals surface area (Å²) >= 11 is 0. The Bertz CT molecular complexity index is 110. The van der Waals surface area contributed by atoms with Gasteiger partial charge in [-0.3, -0.25) is 0 Å². The molecule has 0 fully saturated rings. The summed E-state index contributed by atoms with van der Waals surface area (Å²) in [5.41, 5.74) is 0. The van der Waals surface area contributed by atoms with Crippen molar-refractivity contribution < 1.29 is 4.43 Å². The monoisotopic (exact) mass is 158 g/mol. The van der Waals surface area contributed by atoms with Crippen LogP contribution in [0.25, 0.3) is 0 Å². The Hall–Kier alpha value is -0.0831. The first kappa shape index (κ1) is 9.92. The molecular formula is C8H18OSi. The molecule has 1 atom stereocenters. The van der Waals surface area contributed by atoms with Gasteiger partial charge in [0, 0.05) is 0 Å². The molecule has 1 nitrogen and oxygen atoms in total. The van der Waals surface area contributed by atoms with Crippen molar-refractivity contribution in [2.45, 2.75) is 39.1 Å². The van der Waals surface area contributed by atoms with Gasteiger partial charge >= 0.3 is 0 Å². The second-order valence-electron chi connectivity index (χ2n) is 3.17. The smallest absolute Gasteiger partial charge is 0.187 e. The Morgan fingerprint density at radius 3 is 2.40 bits per heavy atom. The van der Waals surface area contributed by atoms with Crippen molar-refractivity contribution in [2.75, 3.05) is 0 Å². The van der Waals surface area contributed by atoms with Gasteiger partial charge in [-0.15, -0.1) is 6.58 Å². The molecule has 0 heterocycles. The topological polar surface area (TPSA) is 9.23 Å². The summed E-state index contributed by atoms with van der Waals surface area (Å²) in [5, 5.41) is 0. The van der Waals surface area contributed by atoms with Crippen LogP contribution < -0.4 is 0 Å². The third kappa shape index (κ3) is 3.85. The Labute approximate surface area is 65.2 Å². The van der Waals surface area contributed by atoms with Crippen molar-refractivity contribution in [3.05, 3.63) is 12.7 Å². The van der Waals surface area contributed by atoms with Crippen molar-refractivity contribution in [2.24, 2.45) is 0 Å². The predicted molar refractivity (Wildman–Crippen MR) is 48.7 cm³/mol. The first-order chi connectivity index (χ1) is 4.52. The Morgan fingerprint density at radius 2 is 2.10 bits per heavy atom. The van der Waals surface area contributed by atoms with Gasteiger partial charge in [0.25, 0.3) is 0 Å². The fraction of sp³-hybridized carbons (Fsp3) is 0.750. The molecule has 0 aliphatic carbocycles. The van der Waals surface area contributed by atoms with Gasteiger partial charge in [-0.1, -0.05) is 13.0 Å². The lowest BCUT2D eigenvalue weighted by Crippen LogP contribution is -2.32. The molecule has 2 heteroatoms. The molecule has 0 amide bonds. The lowest BCUT2D eigenvalue weighted by Gasteiger charge is -2.23. The van der Waals surface area contributed by atoms with Crippen molar-refractivity contribution in [1.82, 2.24) is 0 Å². The van der Waals surface area contributed by atoms with Crippen LogP contribution in [0.4, 0.5) is 0 Å². The maximum absolute atomic E-state index is 5.76. The van der Waals surface area contributed by atoms with E-state index in [1.54, 1.807) is 0 Å². The van der Waals surface area contributed by atoms with E-state index >= 15 is 0 Å². The predicted octanol–water partition coefficient (Wildman–Crippen LogP) is 2.80. The molecule has 0 bridgehead atoms. The fourth-order valence-electron chi connectivity index (χ4n) is 0.635. The zero-order chi connectivity index (χ0) is 8.20. The molecule has 0 aromatic heterocycles. The average Bonchev–Trinajstić information content (AvgIpc) is 1.87. The number of hydrogen-bond acceptors (Lipinski definition) is 1. The van der Waals surface area contributed by atoms with Gasteiger partial charge in [0.15, 0.2) is 8.32 Å². The molecule has 0 spiro atoms. The SMILES string of the molecule is C=CC(C)O[Si](C)(C)CC. The van der Waals surface area contributed by atoms with Crippen molar-refractivity contribution in [3.63, 3.8) is 0 Å². The molecular weight excluding hydrogens is 140 g/mol. The van der Waals surface area contributed by atoms with Crippen LogP contribution in [0.2, 0.25) is 19.1 Å². The molecule has 0 rings (SSSR count). The number of hydrogen-bond donors (Lipinski definition) is 0. The van der Waals surface area contributed by atoms with Crippen molar-refractivity contribution in [3.8, 4) is 0 Å². The number of rotatable bonds is 4. The third-order valence-corrected chi connectivity index (χ3v) is 4.40. The lowest BCUT2D eigenvalue weighted by molar-refractivity contribution is 0.260. The summed E-state index contributed by atoms with van der Waals surface area (Å²) in [7, 11) is -1.33. The maximum Gasteiger partial charge on any atom is 0.187 e. The van der Waals surface area contributed by atoms with Gasteiger partial charge in [-0.2, -0.15) is 0 Å². The largest absolute Gasteiger partial charge is 0.411 e. The second-order valence-corrected chi connectivity index (χ2v) is 7.63. The minimum atomic E-state index is -1.33. The molecule has 0 aliphatic rings. The molecule has 0 saturated carbocycles. The van der Waals surface area contributed by atoms with Crippen LogP contribution in [0.1, 0.15) is 13.8 Å². The van der Waals surface area contributed by atoms with E-state index < -0.39 is 8.32 Å². The van der Waals surface area contributed by atoms with Crippen LogP contribution in [0.15, 0.2) is 12.7 Å². The summed E-state index contributed by atoms with van der Waals surface area (Å²) in [5.74, 6) is 0. The van der Waals surface area contributed by atoms with Crippen LogP contribution in [0.5, 0.6) is 0 Å². The first-order valence-corrected chi connectivity index (χ1v) is 6.93. The van der Waals surface area contributed by atoms with Crippen molar-refractivity contribution in [1.29, 1.82) is 0 Å². The van der Waals surface area contributed by atoms with Gasteiger partial charge < -0.3 is 4.43 Å². The Morgan fingerprint density at radius 1 is 1.60 bits per heavy atom. The quantitative estimate of drug-likeness (QED) is 0.451. The highest BCUT2D eigenvalue weighted by atomic mass is 28.4. The highest BCUT2D eigenvalue weighted by Crippen LogP contribution is 2.12. The fourth-order valence-corrected chi connectivity index (χ4v) is 1.90. The summed E-state index contributed by atoms with van der Waals surface area (Å²) in [6.07, 6.45) is 2.08. The van der Waals surface area contributed by atoms with Gasteiger partial charge in [-0.05, 0) is 26.1 Å². The summed E-state index contributed by atoms with van der Waals surface area (Å²) < 4.78 is 5.76. The highest BCUT2D eigenvalue weighted by Gasteiger charge is 2.20. The van der Waals surface area contributed by atoms with Crippen LogP contribution in [-0.2, 0) is 4.43 Å². The summed E-state index contributed by atoms with van der Waals surface area (Å²) in [6, 6.07) is 1.17. The van der Waals surface area contributed by atoms with Gasteiger partial charge in [-0.25, -0.2) is 0 Å². The van der Waals surface area contributed by atoms with E-state index in [0.717, 1.165) is 0 Å². The maximum atomic E-state index is 5.76. The normalized spacial score (nSPS) is 14.8. The molecule has 0 radical (unpaired) electrons. The zero-order valence-corrected chi connectivity index (χ0v) is 8.48. The second kappa shape index (κ2) is 3.94. The molecule has 0 saturated heterocycles. The molecule has 60 valence electrons. The first-order valence-electron chi connectivity index (χ1n) is 3.82. The van der Waals surface area contributed by atoms with E-state index in [1.165, 1.54) is 6.04 Å². The molecule has 0 N–H and O–H groups in total. The minimum absolute atomic E-state index is 0.224. The van der Waals surface area contributed by atoms with Crippen LogP contribution in [0.3, 0.4) is 0 Å². The molecule has 0 aromatic rings. The highest BCUT2D eigenvalue weighted by molar-refractivity contribution is 6.71.